The molecule has 2 aromatic rings. The Hall–Kier alpha value is -2.16. The van der Waals surface area contributed by atoms with Gasteiger partial charge in [-0.3, -0.25) is 23.5 Å². The first-order valence-corrected chi connectivity index (χ1v) is 7.34. The molecule has 9 heteroatoms. The van der Waals surface area contributed by atoms with Gasteiger partial charge in [0, 0.05) is 21.1 Å². The lowest BCUT2D eigenvalue weighted by atomic mass is 10.2. The molecule has 0 fully saturated rings. The van der Waals surface area contributed by atoms with Crippen LogP contribution in [0, 0.1) is 0 Å². The van der Waals surface area contributed by atoms with Gasteiger partial charge in [-0.2, -0.15) is 0 Å². The molecule has 0 aliphatic carbocycles. The molecule has 0 bridgehead atoms. The van der Waals surface area contributed by atoms with E-state index in [1.54, 1.807) is 11.6 Å². The number of imidazole rings is 1. The van der Waals surface area contributed by atoms with Crippen LogP contribution >= 0.6 is 11.8 Å². The fourth-order valence-corrected chi connectivity index (χ4v) is 3.15. The van der Waals surface area contributed by atoms with Gasteiger partial charge in [-0.25, -0.2) is 9.78 Å². The molecule has 2 rings (SSSR count). The van der Waals surface area contributed by atoms with Gasteiger partial charge in [0.2, 0.25) is 0 Å². The van der Waals surface area contributed by atoms with E-state index in [2.05, 4.69) is 4.98 Å². The van der Waals surface area contributed by atoms with Crippen molar-refractivity contribution in [3.63, 3.8) is 0 Å². The van der Waals surface area contributed by atoms with Crippen LogP contribution in [0.4, 0.5) is 0 Å². The number of hydrogen-bond acceptors (Lipinski definition) is 6. The van der Waals surface area contributed by atoms with Crippen molar-refractivity contribution in [1.29, 1.82) is 0 Å². The Morgan fingerprint density at radius 3 is 2.05 bits per heavy atom. The van der Waals surface area contributed by atoms with Crippen LogP contribution in [0.3, 0.4) is 0 Å². The van der Waals surface area contributed by atoms with Crippen LogP contribution in [0.2, 0.25) is 0 Å². The highest BCUT2D eigenvalue weighted by molar-refractivity contribution is 8.01. The van der Waals surface area contributed by atoms with E-state index in [1.807, 2.05) is 0 Å². The first-order chi connectivity index (χ1) is 10.2. The topological polar surface area (TPSA) is 96.0 Å². The average Bonchev–Trinajstić information content (AvgIpc) is 2.76. The van der Waals surface area contributed by atoms with E-state index < -0.39 is 16.5 Å². The molecule has 0 radical (unpaired) electrons. The number of thioether (sulfide) groups is 1. The van der Waals surface area contributed by atoms with Crippen molar-refractivity contribution in [2.45, 2.75) is 24.3 Å². The van der Waals surface area contributed by atoms with Gasteiger partial charge in [-0.1, -0.05) is 11.8 Å². The normalized spacial score (nSPS) is 11.4. The van der Waals surface area contributed by atoms with E-state index in [0.717, 1.165) is 16.3 Å². The van der Waals surface area contributed by atoms with Gasteiger partial charge in [0.15, 0.2) is 27.9 Å². The minimum atomic E-state index is -0.878. The number of fused-ring (bicyclic) bond motifs is 1. The first kappa shape index (κ1) is 16.2. The number of aryl methyl sites for hydroxylation is 2. The predicted molar refractivity (Wildman–Crippen MR) is 82.2 cm³/mol. The van der Waals surface area contributed by atoms with E-state index in [4.69, 9.17) is 0 Å². The molecule has 2 aromatic heterocycles. The molecule has 0 aromatic carbocycles. The molecule has 22 heavy (non-hydrogen) atoms. The first-order valence-electron chi connectivity index (χ1n) is 6.46. The summed E-state index contributed by atoms with van der Waals surface area (Å²) in [5.41, 5.74) is -0.503. The number of rotatable bonds is 4. The van der Waals surface area contributed by atoms with E-state index in [1.165, 1.54) is 32.5 Å². The van der Waals surface area contributed by atoms with Crippen LogP contribution in [0.1, 0.15) is 13.8 Å². The standard InChI is InChI=1S/C13H16N4O4S/c1-6(18)9(7(2)19)22-12-14-8-10(15(12)3)16(4)13(21)17(5)11(8)20/h9H,1-5H3. The van der Waals surface area contributed by atoms with E-state index in [-0.39, 0.29) is 17.1 Å². The zero-order chi connectivity index (χ0) is 16.8. The van der Waals surface area contributed by atoms with Crippen molar-refractivity contribution in [2.24, 2.45) is 21.1 Å². The molecule has 0 N–H and O–H groups in total. The summed E-state index contributed by atoms with van der Waals surface area (Å²) >= 11 is 0.976. The Morgan fingerprint density at radius 1 is 1.00 bits per heavy atom. The minimum absolute atomic E-state index is 0.125. The zero-order valence-electron chi connectivity index (χ0n) is 12.9. The third-order valence-corrected chi connectivity index (χ3v) is 4.86. The largest absolute Gasteiger partial charge is 0.332 e. The number of hydrogen-bond donors (Lipinski definition) is 0. The van der Waals surface area contributed by atoms with Gasteiger partial charge in [0.05, 0.1) is 0 Å². The van der Waals surface area contributed by atoms with Gasteiger partial charge < -0.3 is 4.57 Å². The lowest BCUT2D eigenvalue weighted by Crippen LogP contribution is -2.37. The predicted octanol–water partition coefficient (Wildman–Crippen LogP) is -0.391. The molecule has 2 heterocycles. The van der Waals surface area contributed by atoms with Crippen molar-refractivity contribution in [3.8, 4) is 0 Å². The van der Waals surface area contributed by atoms with Crippen molar-refractivity contribution >= 4 is 34.5 Å². The third kappa shape index (κ3) is 2.41. The van der Waals surface area contributed by atoms with Gasteiger partial charge in [-0.05, 0) is 13.8 Å². The maximum absolute atomic E-state index is 12.2. The second-order valence-corrected chi connectivity index (χ2v) is 6.12. The van der Waals surface area contributed by atoms with Crippen molar-refractivity contribution in [2.75, 3.05) is 0 Å². The van der Waals surface area contributed by atoms with Crippen LogP contribution in [0.15, 0.2) is 14.7 Å². The summed E-state index contributed by atoms with van der Waals surface area (Å²) in [6.07, 6.45) is 0. The minimum Gasteiger partial charge on any atom is -0.308 e. The van der Waals surface area contributed by atoms with Gasteiger partial charge in [0.1, 0.15) is 5.25 Å². The maximum Gasteiger partial charge on any atom is 0.332 e. The van der Waals surface area contributed by atoms with Crippen molar-refractivity contribution < 1.29 is 9.59 Å². The smallest absolute Gasteiger partial charge is 0.308 e. The Balaban J connectivity index is 2.71. The van der Waals surface area contributed by atoms with Crippen LogP contribution in [-0.2, 0) is 30.7 Å². The van der Waals surface area contributed by atoms with Gasteiger partial charge in [-0.15, -0.1) is 0 Å². The molecular weight excluding hydrogens is 308 g/mol. The third-order valence-electron chi connectivity index (χ3n) is 3.38. The second-order valence-electron chi connectivity index (χ2n) is 5.05. The second kappa shape index (κ2) is 5.56. The molecule has 0 amide bonds. The summed E-state index contributed by atoms with van der Waals surface area (Å²) in [5, 5.41) is -0.542. The SMILES string of the molecule is CC(=O)C(Sc1nc2c(=O)n(C)c(=O)n(C)c2n1C)C(C)=O. The van der Waals surface area contributed by atoms with Crippen LogP contribution in [0.5, 0.6) is 0 Å². The molecular formula is C13H16N4O4S. The summed E-state index contributed by atoms with van der Waals surface area (Å²) in [6, 6.07) is 0. The molecule has 0 saturated heterocycles. The fraction of sp³-hybridized carbons (Fsp3) is 0.462. The van der Waals surface area contributed by atoms with Crippen LogP contribution in [-0.4, -0.2) is 35.5 Å². The Morgan fingerprint density at radius 2 is 1.55 bits per heavy atom. The Labute approximate surface area is 129 Å². The van der Waals surface area contributed by atoms with Crippen LogP contribution in [0.25, 0.3) is 11.2 Å². The highest BCUT2D eigenvalue weighted by atomic mass is 32.2. The number of nitrogens with zero attached hydrogens (tertiary/aromatic N) is 4. The number of carbonyl (C=O) groups excluding carboxylic acids is 2. The Bertz CT molecular complexity index is 891. The molecule has 0 aliphatic heterocycles. The van der Waals surface area contributed by atoms with Crippen molar-refractivity contribution in [1.82, 2.24) is 18.7 Å². The average molecular weight is 324 g/mol. The molecule has 118 valence electrons. The van der Waals surface area contributed by atoms with Gasteiger partial charge >= 0.3 is 5.69 Å². The summed E-state index contributed by atoms with van der Waals surface area (Å²) in [6.45, 7) is 2.66. The molecule has 0 aliphatic rings. The highest BCUT2D eigenvalue weighted by Gasteiger charge is 2.25. The number of Topliss-reactive ketones (excluding diaryl/α,β-unsaturated/α-hetero) is 2. The lowest BCUT2D eigenvalue weighted by molar-refractivity contribution is -0.123. The zero-order valence-corrected chi connectivity index (χ0v) is 13.7. The maximum atomic E-state index is 12.2. The monoisotopic (exact) mass is 324 g/mol. The fourth-order valence-electron chi connectivity index (χ4n) is 2.22. The summed E-state index contributed by atoms with van der Waals surface area (Å²) in [4.78, 5) is 51.4. The molecule has 0 saturated carbocycles. The number of carbonyl (C=O) groups is 2. The molecule has 0 atom stereocenters. The number of ketones is 2. The van der Waals surface area contributed by atoms with Crippen molar-refractivity contribution in [3.05, 3.63) is 20.8 Å². The van der Waals surface area contributed by atoms with Crippen LogP contribution < -0.4 is 11.2 Å². The summed E-state index contributed by atoms with van der Waals surface area (Å²) < 4.78 is 3.82. The number of aromatic nitrogens is 4. The summed E-state index contributed by atoms with van der Waals surface area (Å²) in [5.74, 6) is -0.572. The quantitative estimate of drug-likeness (QED) is 0.561. The highest BCUT2D eigenvalue weighted by Crippen LogP contribution is 2.25. The Kier molecular flexibility index (Phi) is 4.10. The molecule has 0 spiro atoms. The van der Waals surface area contributed by atoms with E-state index in [0.29, 0.717) is 10.8 Å². The molecule has 8 nitrogen and oxygen atoms in total. The molecule has 0 unspecified atom stereocenters. The summed E-state index contributed by atoms with van der Waals surface area (Å²) in [7, 11) is 4.54. The van der Waals surface area contributed by atoms with Gasteiger partial charge in [0.25, 0.3) is 5.56 Å². The lowest BCUT2D eigenvalue weighted by Gasteiger charge is -2.09. The van der Waals surface area contributed by atoms with E-state index in [9.17, 15) is 19.2 Å². The van der Waals surface area contributed by atoms with E-state index >= 15 is 0 Å².